The van der Waals surface area contributed by atoms with Crippen LogP contribution in [0.3, 0.4) is 0 Å². The molecule has 0 saturated carbocycles. The molecule has 0 spiro atoms. The minimum atomic E-state index is 0.283. The smallest absolute Gasteiger partial charge is 0.0543 e. The number of methoxy groups -OCH3 is 1. The largest absolute Gasteiger partial charge is 0.384 e. The van der Waals surface area contributed by atoms with Crippen molar-refractivity contribution in [3.8, 4) is 0 Å². The van der Waals surface area contributed by atoms with Crippen LogP contribution in [0.1, 0.15) is 17.0 Å². The minimum absolute atomic E-state index is 0.283. The van der Waals surface area contributed by atoms with Gasteiger partial charge in [-0.1, -0.05) is 42.0 Å². The van der Waals surface area contributed by atoms with Crippen molar-refractivity contribution in [3.63, 3.8) is 0 Å². The standard InChI is InChI=1S/C15H19NO/c1-11-3-4-13-8-14(6-5-12(13)7-11)15(9-16)10-17-2/h3-8,15H,9-10,16H2,1-2H3. The lowest BCUT2D eigenvalue weighted by Crippen LogP contribution is -2.17. The van der Waals surface area contributed by atoms with E-state index in [-0.39, 0.29) is 5.92 Å². The number of nitrogens with two attached hydrogens (primary N) is 1. The number of hydrogen-bond donors (Lipinski definition) is 1. The molecule has 17 heavy (non-hydrogen) atoms. The van der Waals surface area contributed by atoms with Gasteiger partial charge in [-0.2, -0.15) is 0 Å². The van der Waals surface area contributed by atoms with Gasteiger partial charge in [-0.05, 0) is 23.3 Å². The molecule has 0 heterocycles. The topological polar surface area (TPSA) is 35.2 Å². The van der Waals surface area contributed by atoms with Crippen LogP contribution in [-0.2, 0) is 4.74 Å². The highest BCUT2D eigenvalue weighted by Crippen LogP contribution is 2.22. The monoisotopic (exact) mass is 229 g/mol. The highest BCUT2D eigenvalue weighted by atomic mass is 16.5. The summed E-state index contributed by atoms with van der Waals surface area (Å²) in [6.07, 6.45) is 0. The Bertz CT molecular complexity index is 507. The van der Waals surface area contributed by atoms with Crippen LogP contribution in [0.25, 0.3) is 10.8 Å². The summed E-state index contributed by atoms with van der Waals surface area (Å²) in [6, 6.07) is 13.0. The number of benzene rings is 2. The van der Waals surface area contributed by atoms with Crippen LogP contribution in [0.2, 0.25) is 0 Å². The van der Waals surface area contributed by atoms with Crippen LogP contribution < -0.4 is 5.73 Å². The molecule has 0 aliphatic rings. The maximum atomic E-state index is 5.78. The fourth-order valence-corrected chi connectivity index (χ4v) is 2.14. The third-order valence-electron chi connectivity index (χ3n) is 3.14. The van der Waals surface area contributed by atoms with Crippen LogP contribution in [0.4, 0.5) is 0 Å². The third-order valence-corrected chi connectivity index (χ3v) is 3.14. The lowest BCUT2D eigenvalue weighted by Gasteiger charge is -2.14. The summed E-state index contributed by atoms with van der Waals surface area (Å²) >= 11 is 0. The van der Waals surface area contributed by atoms with Gasteiger partial charge in [-0.25, -0.2) is 0 Å². The molecule has 1 atom stereocenters. The van der Waals surface area contributed by atoms with Crippen molar-refractivity contribution in [2.24, 2.45) is 5.73 Å². The van der Waals surface area contributed by atoms with E-state index in [4.69, 9.17) is 10.5 Å². The zero-order valence-corrected chi connectivity index (χ0v) is 10.4. The molecule has 2 aromatic carbocycles. The van der Waals surface area contributed by atoms with Crippen molar-refractivity contribution in [2.45, 2.75) is 12.8 Å². The molecule has 0 aliphatic carbocycles. The molecular formula is C15H19NO. The molecule has 1 unspecified atom stereocenters. The number of ether oxygens (including phenoxy) is 1. The summed E-state index contributed by atoms with van der Waals surface area (Å²) in [5.41, 5.74) is 8.32. The van der Waals surface area contributed by atoms with E-state index >= 15 is 0 Å². The van der Waals surface area contributed by atoms with E-state index < -0.39 is 0 Å². The van der Waals surface area contributed by atoms with E-state index in [9.17, 15) is 0 Å². The highest BCUT2D eigenvalue weighted by Gasteiger charge is 2.09. The van der Waals surface area contributed by atoms with E-state index in [1.807, 2.05) is 0 Å². The summed E-state index contributed by atoms with van der Waals surface area (Å²) < 4.78 is 5.20. The Hall–Kier alpha value is -1.38. The molecule has 0 saturated heterocycles. The number of rotatable bonds is 4. The van der Waals surface area contributed by atoms with Crippen molar-refractivity contribution in [1.82, 2.24) is 0 Å². The van der Waals surface area contributed by atoms with Gasteiger partial charge < -0.3 is 10.5 Å². The zero-order chi connectivity index (χ0) is 12.3. The maximum absolute atomic E-state index is 5.78. The van der Waals surface area contributed by atoms with Crippen molar-refractivity contribution in [2.75, 3.05) is 20.3 Å². The first-order valence-electron chi connectivity index (χ1n) is 5.94. The average molecular weight is 229 g/mol. The fourth-order valence-electron chi connectivity index (χ4n) is 2.14. The van der Waals surface area contributed by atoms with Gasteiger partial charge in [0.25, 0.3) is 0 Å². The first-order chi connectivity index (χ1) is 8.24. The van der Waals surface area contributed by atoms with E-state index in [1.54, 1.807) is 7.11 Å². The van der Waals surface area contributed by atoms with E-state index in [0.717, 1.165) is 0 Å². The zero-order valence-electron chi connectivity index (χ0n) is 10.4. The number of aryl methyl sites for hydroxylation is 1. The van der Waals surface area contributed by atoms with Crippen LogP contribution in [0, 0.1) is 6.92 Å². The molecule has 0 radical (unpaired) electrons. The molecule has 0 aliphatic heterocycles. The van der Waals surface area contributed by atoms with E-state index in [0.29, 0.717) is 13.2 Å². The predicted molar refractivity (Wildman–Crippen MR) is 72.4 cm³/mol. The molecular weight excluding hydrogens is 210 g/mol. The van der Waals surface area contributed by atoms with Crippen LogP contribution in [0.15, 0.2) is 36.4 Å². The van der Waals surface area contributed by atoms with Gasteiger partial charge >= 0.3 is 0 Å². The molecule has 0 fully saturated rings. The first kappa shape index (κ1) is 12.1. The summed E-state index contributed by atoms with van der Waals surface area (Å²) in [4.78, 5) is 0. The van der Waals surface area contributed by atoms with Gasteiger partial charge in [0.15, 0.2) is 0 Å². The van der Waals surface area contributed by atoms with Crippen molar-refractivity contribution >= 4 is 10.8 Å². The molecule has 2 nitrogen and oxygen atoms in total. The molecule has 2 rings (SSSR count). The average Bonchev–Trinajstić information content (AvgIpc) is 2.35. The molecule has 2 N–H and O–H groups in total. The van der Waals surface area contributed by atoms with Crippen molar-refractivity contribution in [1.29, 1.82) is 0 Å². The SMILES string of the molecule is COCC(CN)c1ccc2cc(C)ccc2c1. The summed E-state index contributed by atoms with van der Waals surface area (Å²) in [5.74, 6) is 0.283. The fraction of sp³-hybridized carbons (Fsp3) is 0.333. The van der Waals surface area contributed by atoms with E-state index in [1.165, 1.54) is 21.9 Å². The van der Waals surface area contributed by atoms with Gasteiger partial charge in [0.1, 0.15) is 0 Å². The Balaban J connectivity index is 2.40. The van der Waals surface area contributed by atoms with Crippen LogP contribution >= 0.6 is 0 Å². The van der Waals surface area contributed by atoms with Gasteiger partial charge in [-0.3, -0.25) is 0 Å². The van der Waals surface area contributed by atoms with E-state index in [2.05, 4.69) is 43.3 Å². The van der Waals surface area contributed by atoms with Crippen molar-refractivity contribution < 1.29 is 4.74 Å². The Morgan fingerprint density at radius 1 is 1.12 bits per heavy atom. The Morgan fingerprint density at radius 2 is 1.82 bits per heavy atom. The summed E-state index contributed by atoms with van der Waals surface area (Å²) in [6.45, 7) is 3.40. The molecule has 2 heteroatoms. The van der Waals surface area contributed by atoms with Crippen molar-refractivity contribution in [3.05, 3.63) is 47.5 Å². The van der Waals surface area contributed by atoms with Crippen LogP contribution in [-0.4, -0.2) is 20.3 Å². The lowest BCUT2D eigenvalue weighted by atomic mass is 9.96. The highest BCUT2D eigenvalue weighted by molar-refractivity contribution is 5.83. The van der Waals surface area contributed by atoms with Crippen LogP contribution in [0.5, 0.6) is 0 Å². The quantitative estimate of drug-likeness (QED) is 0.875. The minimum Gasteiger partial charge on any atom is -0.384 e. The maximum Gasteiger partial charge on any atom is 0.0543 e. The second kappa shape index (κ2) is 5.30. The van der Waals surface area contributed by atoms with Gasteiger partial charge in [0.05, 0.1) is 6.61 Å². The Kier molecular flexibility index (Phi) is 3.77. The van der Waals surface area contributed by atoms with Gasteiger partial charge in [-0.15, -0.1) is 0 Å². The summed E-state index contributed by atoms with van der Waals surface area (Å²) in [5, 5.41) is 2.55. The Morgan fingerprint density at radius 3 is 2.53 bits per heavy atom. The molecule has 0 bridgehead atoms. The molecule has 2 aromatic rings. The summed E-state index contributed by atoms with van der Waals surface area (Å²) in [7, 11) is 1.72. The third kappa shape index (κ3) is 2.65. The second-order valence-electron chi connectivity index (χ2n) is 4.50. The first-order valence-corrected chi connectivity index (χ1v) is 5.94. The second-order valence-corrected chi connectivity index (χ2v) is 4.50. The molecule has 0 amide bonds. The number of fused-ring (bicyclic) bond motifs is 1. The normalized spacial score (nSPS) is 12.9. The number of hydrogen-bond acceptors (Lipinski definition) is 2. The van der Waals surface area contributed by atoms with Gasteiger partial charge in [0.2, 0.25) is 0 Å². The Labute approximate surface area is 102 Å². The lowest BCUT2D eigenvalue weighted by molar-refractivity contribution is 0.181. The van der Waals surface area contributed by atoms with Gasteiger partial charge in [0, 0.05) is 19.6 Å². The molecule has 90 valence electrons. The molecule has 0 aromatic heterocycles. The predicted octanol–water partition coefficient (Wildman–Crippen LogP) is 2.84.